The van der Waals surface area contributed by atoms with Gasteiger partial charge in [0.1, 0.15) is 0 Å². The predicted octanol–water partition coefficient (Wildman–Crippen LogP) is -0.463. The third-order valence-electron chi connectivity index (χ3n) is 4.21. The molecule has 1 aliphatic rings. The molecule has 0 aromatic carbocycles. The van der Waals surface area contributed by atoms with Crippen molar-refractivity contribution in [3.63, 3.8) is 0 Å². The molecule has 5 atom stereocenters. The minimum atomic E-state index is -1.20. The maximum absolute atomic E-state index is 11.9. The van der Waals surface area contributed by atoms with E-state index < -0.39 is 54.2 Å². The van der Waals surface area contributed by atoms with Gasteiger partial charge in [0.25, 0.3) is 0 Å². The lowest BCUT2D eigenvalue weighted by molar-refractivity contribution is -0.202. The quantitative estimate of drug-likeness (QED) is 0.496. The first kappa shape index (κ1) is 22.4. The van der Waals surface area contributed by atoms with Crippen LogP contribution < -0.4 is 5.32 Å². The molecule has 1 saturated carbocycles. The summed E-state index contributed by atoms with van der Waals surface area (Å²) in [5.41, 5.74) is 0. The van der Waals surface area contributed by atoms with Gasteiger partial charge in [-0.25, -0.2) is 0 Å². The SMILES string of the molecule is CC(=O)N[C@H]1C[C@@H](N(C)C(C)=O)[C@H](OC(C)=O)[C@@H](OC(C)=O)[C@@H]1OC(C)=O. The van der Waals surface area contributed by atoms with Crippen molar-refractivity contribution in [1.82, 2.24) is 10.2 Å². The topological polar surface area (TPSA) is 128 Å². The Hall–Kier alpha value is -2.65. The Morgan fingerprint density at radius 3 is 1.63 bits per heavy atom. The van der Waals surface area contributed by atoms with E-state index in [1.54, 1.807) is 0 Å². The van der Waals surface area contributed by atoms with Crippen LogP contribution >= 0.6 is 0 Å². The Labute approximate surface area is 157 Å². The molecule has 0 aliphatic heterocycles. The summed E-state index contributed by atoms with van der Waals surface area (Å²) in [7, 11) is 1.51. The van der Waals surface area contributed by atoms with Crippen molar-refractivity contribution >= 4 is 29.7 Å². The number of hydrogen-bond acceptors (Lipinski definition) is 8. The second kappa shape index (κ2) is 9.33. The highest BCUT2D eigenvalue weighted by Gasteiger charge is 2.52. The summed E-state index contributed by atoms with van der Waals surface area (Å²) in [4.78, 5) is 59.7. The van der Waals surface area contributed by atoms with Crippen molar-refractivity contribution in [2.75, 3.05) is 7.05 Å². The number of nitrogens with one attached hydrogen (secondary N) is 1. The van der Waals surface area contributed by atoms with E-state index in [2.05, 4.69) is 5.32 Å². The summed E-state index contributed by atoms with van der Waals surface area (Å²) >= 11 is 0. The number of carbonyl (C=O) groups excluding carboxylic acids is 5. The zero-order valence-electron chi connectivity index (χ0n) is 16.3. The smallest absolute Gasteiger partial charge is 0.303 e. The summed E-state index contributed by atoms with van der Waals surface area (Å²) in [6, 6.07) is -1.46. The molecule has 0 unspecified atom stereocenters. The average molecular weight is 386 g/mol. The molecule has 10 heteroatoms. The molecule has 0 saturated heterocycles. The van der Waals surface area contributed by atoms with Crippen LogP contribution in [0.15, 0.2) is 0 Å². The number of likely N-dealkylation sites (N-methyl/N-ethyl adjacent to an activating group) is 1. The van der Waals surface area contributed by atoms with E-state index in [9.17, 15) is 24.0 Å². The minimum absolute atomic E-state index is 0.128. The summed E-state index contributed by atoms with van der Waals surface area (Å²) in [5, 5.41) is 2.65. The van der Waals surface area contributed by atoms with E-state index in [1.807, 2.05) is 0 Å². The lowest BCUT2D eigenvalue weighted by Crippen LogP contribution is -2.67. The first-order chi connectivity index (χ1) is 12.4. The number of amides is 2. The monoisotopic (exact) mass is 386 g/mol. The number of nitrogens with zero attached hydrogens (tertiary/aromatic N) is 1. The number of carbonyl (C=O) groups is 5. The first-order valence-corrected chi connectivity index (χ1v) is 8.46. The van der Waals surface area contributed by atoms with Crippen LogP contribution in [0.5, 0.6) is 0 Å². The van der Waals surface area contributed by atoms with Gasteiger partial charge in [-0.2, -0.15) is 0 Å². The van der Waals surface area contributed by atoms with Crippen molar-refractivity contribution in [2.45, 2.75) is 71.4 Å². The fourth-order valence-corrected chi connectivity index (χ4v) is 3.18. The van der Waals surface area contributed by atoms with Crippen LogP contribution in [-0.4, -0.2) is 72.1 Å². The molecule has 1 aliphatic carbocycles. The minimum Gasteiger partial charge on any atom is -0.456 e. The molecule has 1 N–H and O–H groups in total. The van der Waals surface area contributed by atoms with E-state index in [1.165, 1.54) is 39.6 Å². The lowest BCUT2D eigenvalue weighted by atomic mass is 9.82. The van der Waals surface area contributed by atoms with E-state index >= 15 is 0 Å². The number of esters is 3. The van der Waals surface area contributed by atoms with Gasteiger partial charge < -0.3 is 24.4 Å². The van der Waals surface area contributed by atoms with Gasteiger partial charge in [0.15, 0.2) is 18.3 Å². The number of rotatable bonds is 5. The Bertz CT molecular complexity index is 620. The third kappa shape index (κ3) is 6.22. The maximum Gasteiger partial charge on any atom is 0.303 e. The Kier molecular flexibility index (Phi) is 7.74. The molecule has 152 valence electrons. The van der Waals surface area contributed by atoms with Crippen LogP contribution in [-0.2, 0) is 38.2 Å². The normalized spacial score (nSPS) is 27.1. The van der Waals surface area contributed by atoms with Crippen molar-refractivity contribution in [1.29, 1.82) is 0 Å². The van der Waals surface area contributed by atoms with E-state index in [0.29, 0.717) is 0 Å². The molecule has 0 radical (unpaired) electrons. The van der Waals surface area contributed by atoms with Crippen LogP contribution in [0.3, 0.4) is 0 Å². The third-order valence-corrected chi connectivity index (χ3v) is 4.21. The molecule has 1 rings (SSSR count). The van der Waals surface area contributed by atoms with Gasteiger partial charge in [-0.15, -0.1) is 0 Å². The molecule has 0 aromatic rings. The van der Waals surface area contributed by atoms with Crippen molar-refractivity contribution in [3.05, 3.63) is 0 Å². The van der Waals surface area contributed by atoms with E-state index in [-0.39, 0.29) is 12.3 Å². The lowest BCUT2D eigenvalue weighted by Gasteiger charge is -2.47. The van der Waals surface area contributed by atoms with Crippen LogP contribution in [0.1, 0.15) is 41.0 Å². The summed E-state index contributed by atoms with van der Waals surface area (Å²) in [6.07, 6.45) is -3.23. The maximum atomic E-state index is 11.9. The second-order valence-corrected chi connectivity index (χ2v) is 6.46. The highest BCUT2D eigenvalue weighted by Crippen LogP contribution is 2.31. The molecular weight excluding hydrogens is 360 g/mol. The molecule has 10 nitrogen and oxygen atoms in total. The van der Waals surface area contributed by atoms with Gasteiger partial charge in [-0.3, -0.25) is 24.0 Å². The van der Waals surface area contributed by atoms with Gasteiger partial charge in [-0.1, -0.05) is 0 Å². The largest absolute Gasteiger partial charge is 0.456 e. The van der Waals surface area contributed by atoms with Gasteiger partial charge in [0, 0.05) is 41.7 Å². The molecule has 0 aromatic heterocycles. The Morgan fingerprint density at radius 2 is 1.22 bits per heavy atom. The molecule has 0 bridgehead atoms. The zero-order valence-corrected chi connectivity index (χ0v) is 16.3. The van der Waals surface area contributed by atoms with Crippen LogP contribution in [0, 0.1) is 0 Å². The number of ether oxygens (including phenoxy) is 3. The summed E-state index contributed by atoms with van der Waals surface area (Å²) in [6.45, 7) is 6.12. The summed E-state index contributed by atoms with van der Waals surface area (Å²) < 4.78 is 15.9. The fourth-order valence-electron chi connectivity index (χ4n) is 3.18. The van der Waals surface area contributed by atoms with Gasteiger partial charge >= 0.3 is 17.9 Å². The Morgan fingerprint density at radius 1 is 0.778 bits per heavy atom. The van der Waals surface area contributed by atoms with Crippen molar-refractivity contribution < 1.29 is 38.2 Å². The molecule has 27 heavy (non-hydrogen) atoms. The second-order valence-electron chi connectivity index (χ2n) is 6.46. The highest BCUT2D eigenvalue weighted by atomic mass is 16.6. The molecule has 1 fully saturated rings. The van der Waals surface area contributed by atoms with Crippen molar-refractivity contribution in [2.24, 2.45) is 0 Å². The van der Waals surface area contributed by atoms with Crippen molar-refractivity contribution in [3.8, 4) is 0 Å². The highest BCUT2D eigenvalue weighted by molar-refractivity contribution is 5.75. The zero-order chi connectivity index (χ0) is 20.9. The molecule has 2 amide bonds. The Balaban J connectivity index is 3.42. The molecule has 0 heterocycles. The van der Waals surface area contributed by atoms with Gasteiger partial charge in [0.05, 0.1) is 12.1 Å². The fraction of sp³-hybridized carbons (Fsp3) is 0.706. The van der Waals surface area contributed by atoms with E-state index in [4.69, 9.17) is 14.2 Å². The molecule has 0 spiro atoms. The van der Waals surface area contributed by atoms with Crippen LogP contribution in [0.2, 0.25) is 0 Å². The van der Waals surface area contributed by atoms with Gasteiger partial charge in [0.2, 0.25) is 11.8 Å². The first-order valence-electron chi connectivity index (χ1n) is 8.46. The van der Waals surface area contributed by atoms with Crippen LogP contribution in [0.4, 0.5) is 0 Å². The van der Waals surface area contributed by atoms with E-state index in [0.717, 1.165) is 6.92 Å². The average Bonchev–Trinajstić information content (AvgIpc) is 2.50. The summed E-state index contributed by atoms with van der Waals surface area (Å²) in [5.74, 6) is -2.71. The number of hydrogen-bond donors (Lipinski definition) is 1. The van der Waals surface area contributed by atoms with Crippen LogP contribution in [0.25, 0.3) is 0 Å². The molecular formula is C17H26N2O8. The predicted molar refractivity (Wildman–Crippen MR) is 91.1 cm³/mol. The van der Waals surface area contributed by atoms with Gasteiger partial charge in [-0.05, 0) is 6.42 Å². The standard InChI is InChI=1S/C17H26N2O8/c1-8(20)18-13-7-14(19(6)9(2)21)16(26-11(4)23)17(27-12(5)24)15(13)25-10(3)22/h13-17H,7H2,1-6H3,(H,18,20)/t13-,14+,15+,16-,17-/m0/s1.